The number of hydrogen-bond acceptors (Lipinski definition) is 3. The van der Waals surface area contributed by atoms with E-state index in [-0.39, 0.29) is 0 Å². The van der Waals surface area contributed by atoms with Crippen LogP contribution in [0.5, 0.6) is 0 Å². The number of likely N-dealkylation sites (N-methyl/N-ethyl adjacent to an activating group) is 1. The average molecular weight is 316 g/mol. The summed E-state index contributed by atoms with van der Waals surface area (Å²) in [7, 11) is 3.72. The molecule has 0 rings (SSSR count). The number of aliphatic imine (C=N–C) groups is 1. The van der Waals surface area contributed by atoms with E-state index in [1.54, 1.807) is 0 Å². The number of rotatable bonds is 9. The van der Waals surface area contributed by atoms with Crippen LogP contribution in [0.25, 0.3) is 0 Å². The quantitative estimate of drug-likeness (QED) is 0.444. The third-order valence-corrected chi connectivity index (χ3v) is 3.88. The molecule has 0 aromatic heterocycles. The summed E-state index contributed by atoms with van der Waals surface area (Å²) in [5, 5.41) is 10.9. The van der Waals surface area contributed by atoms with Crippen LogP contribution in [0, 0.1) is 5.41 Å². The molecule has 0 radical (unpaired) electrons. The van der Waals surface area contributed by atoms with Gasteiger partial charge in [0.25, 0.3) is 0 Å². The molecule has 0 unspecified atom stereocenters. The normalized spacial score (nSPS) is 15.4. The highest BCUT2D eigenvalue weighted by atomic mass is 14.8. The standard InChI is InChI=1S/C20H33N3/c1-8-11-15(4)16(5)20(23-7)17(10-3)13-18(14-21)19(22-6)12-9-2/h10,12-14,21-22H,8-9,11H2,1-7H3/b16-15-,17-10+,18-13-,19-12-,21-14?,23-20+. The fourth-order valence-corrected chi connectivity index (χ4v) is 2.50. The van der Waals surface area contributed by atoms with Gasteiger partial charge in [-0.3, -0.25) is 4.99 Å². The van der Waals surface area contributed by atoms with Gasteiger partial charge in [0.1, 0.15) is 0 Å². The lowest BCUT2D eigenvalue weighted by atomic mass is 9.95. The van der Waals surface area contributed by atoms with E-state index in [1.165, 1.54) is 17.4 Å². The molecule has 128 valence electrons. The first-order valence-electron chi connectivity index (χ1n) is 8.41. The zero-order valence-electron chi connectivity index (χ0n) is 15.9. The van der Waals surface area contributed by atoms with E-state index in [2.05, 4.69) is 50.2 Å². The predicted molar refractivity (Wildman–Crippen MR) is 105 cm³/mol. The van der Waals surface area contributed by atoms with Crippen LogP contribution < -0.4 is 5.32 Å². The molecule has 0 aliphatic heterocycles. The van der Waals surface area contributed by atoms with Crippen LogP contribution in [0.3, 0.4) is 0 Å². The predicted octanol–water partition coefficient (Wildman–Crippen LogP) is 5.23. The molecular weight excluding hydrogens is 282 g/mol. The lowest BCUT2D eigenvalue weighted by molar-refractivity contribution is 0.897. The second kappa shape index (κ2) is 11.6. The van der Waals surface area contributed by atoms with Gasteiger partial charge in [0.05, 0.1) is 5.71 Å². The van der Waals surface area contributed by atoms with E-state index < -0.39 is 0 Å². The van der Waals surface area contributed by atoms with Crippen molar-refractivity contribution in [3.63, 3.8) is 0 Å². The minimum absolute atomic E-state index is 0.865. The number of nitrogens with one attached hydrogen (secondary N) is 2. The van der Waals surface area contributed by atoms with E-state index in [4.69, 9.17) is 5.41 Å². The van der Waals surface area contributed by atoms with Gasteiger partial charge in [0, 0.05) is 31.6 Å². The van der Waals surface area contributed by atoms with E-state index in [9.17, 15) is 0 Å². The van der Waals surface area contributed by atoms with Crippen molar-refractivity contribution in [1.82, 2.24) is 5.32 Å². The summed E-state index contributed by atoms with van der Waals surface area (Å²) >= 11 is 0. The molecule has 0 saturated heterocycles. The van der Waals surface area contributed by atoms with Crippen molar-refractivity contribution >= 4 is 11.9 Å². The Morgan fingerprint density at radius 1 is 1.17 bits per heavy atom. The van der Waals surface area contributed by atoms with Gasteiger partial charge >= 0.3 is 0 Å². The maximum atomic E-state index is 7.74. The molecule has 3 heteroatoms. The summed E-state index contributed by atoms with van der Waals surface area (Å²) in [6.07, 6.45) is 10.7. The Kier molecular flexibility index (Phi) is 10.7. The molecule has 3 nitrogen and oxygen atoms in total. The van der Waals surface area contributed by atoms with Crippen LogP contribution in [0.2, 0.25) is 0 Å². The second-order valence-electron chi connectivity index (χ2n) is 5.49. The minimum atomic E-state index is 0.865. The summed E-state index contributed by atoms with van der Waals surface area (Å²) in [4.78, 5) is 4.51. The summed E-state index contributed by atoms with van der Waals surface area (Å²) in [5.74, 6) is 0. The highest BCUT2D eigenvalue weighted by Crippen LogP contribution is 2.19. The summed E-state index contributed by atoms with van der Waals surface area (Å²) in [6, 6.07) is 0. The van der Waals surface area contributed by atoms with E-state index in [0.29, 0.717) is 0 Å². The van der Waals surface area contributed by atoms with Crippen molar-refractivity contribution in [1.29, 1.82) is 5.41 Å². The van der Waals surface area contributed by atoms with Gasteiger partial charge in [-0.2, -0.15) is 0 Å². The fourth-order valence-electron chi connectivity index (χ4n) is 2.50. The molecule has 0 spiro atoms. The van der Waals surface area contributed by atoms with Crippen LogP contribution in [0.4, 0.5) is 0 Å². The van der Waals surface area contributed by atoms with Gasteiger partial charge in [-0.15, -0.1) is 0 Å². The molecule has 0 fully saturated rings. The molecule has 23 heavy (non-hydrogen) atoms. The zero-order valence-corrected chi connectivity index (χ0v) is 15.9. The molecule has 0 heterocycles. The minimum Gasteiger partial charge on any atom is -0.388 e. The SMILES string of the molecule is C/C=C(\C=C(C=N)/C(=C/CC)NC)C(=N/C)/C(C)=C(/C)CCC. The third kappa shape index (κ3) is 6.39. The highest BCUT2D eigenvalue weighted by Gasteiger charge is 2.10. The number of hydrogen-bond donors (Lipinski definition) is 2. The van der Waals surface area contributed by atoms with Gasteiger partial charge in [0.2, 0.25) is 0 Å². The molecule has 0 aromatic carbocycles. The van der Waals surface area contributed by atoms with Crippen LogP contribution in [0.1, 0.15) is 53.9 Å². The second-order valence-corrected chi connectivity index (χ2v) is 5.49. The Bertz CT molecular complexity index is 543. The van der Waals surface area contributed by atoms with Gasteiger partial charge in [-0.25, -0.2) is 0 Å². The molecule has 0 aliphatic rings. The summed E-state index contributed by atoms with van der Waals surface area (Å²) in [5.41, 5.74) is 6.50. The maximum absolute atomic E-state index is 7.74. The van der Waals surface area contributed by atoms with Crippen LogP contribution >= 0.6 is 0 Å². The molecule has 0 saturated carbocycles. The number of allylic oxidation sites excluding steroid dienone is 7. The van der Waals surface area contributed by atoms with Gasteiger partial charge in [0.15, 0.2) is 0 Å². The smallest absolute Gasteiger partial charge is 0.0668 e. The first kappa shape index (κ1) is 21.1. The Morgan fingerprint density at radius 3 is 2.22 bits per heavy atom. The lowest BCUT2D eigenvalue weighted by Crippen LogP contribution is -2.11. The largest absolute Gasteiger partial charge is 0.388 e. The molecular formula is C20H33N3. The highest BCUT2D eigenvalue weighted by molar-refractivity contribution is 6.14. The van der Waals surface area contributed by atoms with E-state index in [0.717, 1.165) is 41.8 Å². The van der Waals surface area contributed by atoms with Crippen molar-refractivity contribution in [3.05, 3.63) is 46.2 Å². The monoisotopic (exact) mass is 315 g/mol. The molecule has 0 aromatic rings. The first-order valence-corrected chi connectivity index (χ1v) is 8.41. The average Bonchev–Trinajstić information content (AvgIpc) is 2.56. The Morgan fingerprint density at radius 2 is 1.83 bits per heavy atom. The molecule has 0 aliphatic carbocycles. The van der Waals surface area contributed by atoms with Gasteiger partial charge < -0.3 is 10.7 Å². The zero-order chi connectivity index (χ0) is 17.8. The van der Waals surface area contributed by atoms with Crippen molar-refractivity contribution in [2.75, 3.05) is 14.1 Å². The fraction of sp³-hybridized carbons (Fsp3) is 0.500. The lowest BCUT2D eigenvalue weighted by Gasteiger charge is -2.14. The van der Waals surface area contributed by atoms with Crippen molar-refractivity contribution in [3.8, 4) is 0 Å². The third-order valence-electron chi connectivity index (χ3n) is 3.88. The van der Waals surface area contributed by atoms with Gasteiger partial charge in [-0.1, -0.05) is 38.0 Å². The molecule has 0 bridgehead atoms. The number of nitrogens with zero attached hydrogens (tertiary/aromatic N) is 1. The van der Waals surface area contributed by atoms with Crippen molar-refractivity contribution < 1.29 is 0 Å². The van der Waals surface area contributed by atoms with Gasteiger partial charge in [-0.05, 0) is 50.8 Å². The van der Waals surface area contributed by atoms with E-state index in [1.807, 2.05) is 27.1 Å². The van der Waals surface area contributed by atoms with Crippen molar-refractivity contribution in [2.24, 2.45) is 4.99 Å². The summed E-state index contributed by atoms with van der Waals surface area (Å²) < 4.78 is 0. The Balaban J connectivity index is 5.91. The van der Waals surface area contributed by atoms with E-state index >= 15 is 0 Å². The van der Waals surface area contributed by atoms with Crippen LogP contribution in [0.15, 0.2) is 51.2 Å². The molecule has 0 atom stereocenters. The molecule has 2 N–H and O–H groups in total. The maximum Gasteiger partial charge on any atom is 0.0668 e. The van der Waals surface area contributed by atoms with Crippen molar-refractivity contribution in [2.45, 2.75) is 53.9 Å². The van der Waals surface area contributed by atoms with Crippen LogP contribution in [-0.2, 0) is 0 Å². The first-order chi connectivity index (χ1) is 11.0. The Hall–Kier alpha value is -1.90. The topological polar surface area (TPSA) is 48.2 Å². The molecule has 0 amide bonds. The Labute approximate surface area is 142 Å². The summed E-state index contributed by atoms with van der Waals surface area (Å²) in [6.45, 7) is 10.6. The van der Waals surface area contributed by atoms with Crippen LogP contribution in [-0.4, -0.2) is 26.0 Å².